The van der Waals surface area contributed by atoms with Crippen LogP contribution in [-0.4, -0.2) is 68.3 Å². The van der Waals surface area contributed by atoms with Crippen molar-refractivity contribution >= 4 is 11.7 Å². The Morgan fingerprint density at radius 1 is 1.37 bits per heavy atom. The Kier molecular flexibility index (Phi) is 7.02. The summed E-state index contributed by atoms with van der Waals surface area (Å²) in [5.74, 6) is 1.14. The molecule has 1 N–H and O–H groups in total. The van der Waals surface area contributed by atoms with Crippen LogP contribution in [0.4, 0.5) is 5.82 Å². The van der Waals surface area contributed by atoms with Gasteiger partial charge >= 0.3 is 0 Å². The van der Waals surface area contributed by atoms with E-state index in [1.165, 1.54) is 0 Å². The second-order valence-corrected chi connectivity index (χ2v) is 7.35. The number of anilines is 1. The molecule has 1 aromatic heterocycles. The molecule has 1 amide bonds. The first-order valence-corrected chi connectivity index (χ1v) is 9.83. The van der Waals surface area contributed by atoms with E-state index in [0.29, 0.717) is 24.8 Å². The van der Waals surface area contributed by atoms with E-state index in [-0.39, 0.29) is 11.8 Å². The molecule has 0 bridgehead atoms. The molecule has 146 valence electrons. The first-order chi connectivity index (χ1) is 13.2. The number of nitriles is 1. The molecule has 2 fully saturated rings. The van der Waals surface area contributed by atoms with Crippen molar-refractivity contribution in [3.05, 3.63) is 23.9 Å². The number of nitrogens with zero attached hydrogens (tertiary/aromatic N) is 4. The number of hydrogen-bond donors (Lipinski definition) is 1. The molecule has 0 spiro atoms. The lowest BCUT2D eigenvalue weighted by atomic mass is 9.93. The van der Waals surface area contributed by atoms with E-state index in [1.54, 1.807) is 19.4 Å². The number of piperidine rings is 2. The standard InChI is InChI=1S/C20H29N5O2/c1-27-12-8-23-20(26)17-3-2-9-25(15-17)18-5-10-24(11-6-18)19-13-16(14-21)4-7-22-19/h4,7,13,17-18H,2-3,5-6,8-12,15H2,1H3,(H,23,26)/t17-/m0/s1. The summed E-state index contributed by atoms with van der Waals surface area (Å²) in [6.07, 6.45) is 5.89. The van der Waals surface area contributed by atoms with Crippen molar-refractivity contribution in [2.75, 3.05) is 51.3 Å². The summed E-state index contributed by atoms with van der Waals surface area (Å²) in [6, 6.07) is 6.30. The number of carbonyl (C=O) groups is 1. The van der Waals surface area contributed by atoms with Crippen LogP contribution >= 0.6 is 0 Å². The van der Waals surface area contributed by atoms with Crippen molar-refractivity contribution in [3.8, 4) is 6.07 Å². The van der Waals surface area contributed by atoms with Gasteiger partial charge in [0.05, 0.1) is 24.2 Å². The topological polar surface area (TPSA) is 81.5 Å². The summed E-state index contributed by atoms with van der Waals surface area (Å²) in [5, 5.41) is 12.1. The molecule has 3 heterocycles. The van der Waals surface area contributed by atoms with E-state index in [4.69, 9.17) is 10.00 Å². The number of likely N-dealkylation sites (tertiary alicyclic amines) is 1. The number of pyridine rings is 1. The number of hydrogen-bond acceptors (Lipinski definition) is 6. The Morgan fingerprint density at radius 3 is 2.93 bits per heavy atom. The molecule has 2 saturated heterocycles. The second kappa shape index (κ2) is 9.67. The third kappa shape index (κ3) is 5.18. The summed E-state index contributed by atoms with van der Waals surface area (Å²) in [5.41, 5.74) is 0.653. The van der Waals surface area contributed by atoms with Crippen molar-refractivity contribution in [2.45, 2.75) is 31.7 Å². The van der Waals surface area contributed by atoms with Crippen LogP contribution in [0.2, 0.25) is 0 Å². The molecule has 2 aliphatic rings. The average molecular weight is 371 g/mol. The average Bonchev–Trinajstić information content (AvgIpc) is 2.74. The van der Waals surface area contributed by atoms with E-state index in [0.717, 1.165) is 57.7 Å². The summed E-state index contributed by atoms with van der Waals surface area (Å²) in [4.78, 5) is 21.5. The zero-order valence-corrected chi connectivity index (χ0v) is 16.1. The smallest absolute Gasteiger partial charge is 0.224 e. The van der Waals surface area contributed by atoms with Crippen LogP contribution < -0.4 is 10.2 Å². The van der Waals surface area contributed by atoms with Crippen molar-refractivity contribution in [3.63, 3.8) is 0 Å². The van der Waals surface area contributed by atoms with Crippen molar-refractivity contribution in [1.29, 1.82) is 5.26 Å². The minimum Gasteiger partial charge on any atom is -0.383 e. The summed E-state index contributed by atoms with van der Waals surface area (Å²) in [6.45, 7) is 4.95. The zero-order valence-electron chi connectivity index (χ0n) is 16.1. The van der Waals surface area contributed by atoms with Gasteiger partial charge in [0.1, 0.15) is 5.82 Å². The summed E-state index contributed by atoms with van der Waals surface area (Å²) in [7, 11) is 1.65. The molecule has 27 heavy (non-hydrogen) atoms. The fraction of sp³-hybridized carbons (Fsp3) is 0.650. The third-order valence-corrected chi connectivity index (χ3v) is 5.61. The molecule has 0 aliphatic carbocycles. The molecule has 0 aromatic carbocycles. The number of methoxy groups -OCH3 is 1. The molecule has 3 rings (SSSR count). The van der Waals surface area contributed by atoms with Crippen LogP contribution in [-0.2, 0) is 9.53 Å². The van der Waals surface area contributed by atoms with Crippen LogP contribution in [0.25, 0.3) is 0 Å². The van der Waals surface area contributed by atoms with Crippen LogP contribution in [0, 0.1) is 17.2 Å². The van der Waals surface area contributed by atoms with E-state index >= 15 is 0 Å². The van der Waals surface area contributed by atoms with Crippen LogP contribution in [0.5, 0.6) is 0 Å². The van der Waals surface area contributed by atoms with Crippen molar-refractivity contribution in [1.82, 2.24) is 15.2 Å². The maximum Gasteiger partial charge on any atom is 0.224 e. The SMILES string of the molecule is COCCNC(=O)[C@H]1CCCN(C2CCN(c3cc(C#N)ccn3)CC2)C1. The molecule has 1 aromatic rings. The highest BCUT2D eigenvalue weighted by atomic mass is 16.5. The predicted octanol–water partition coefficient (Wildman–Crippen LogP) is 1.40. The van der Waals surface area contributed by atoms with Gasteiger partial charge in [0.15, 0.2) is 0 Å². The van der Waals surface area contributed by atoms with Crippen molar-refractivity contribution in [2.24, 2.45) is 5.92 Å². The molecule has 0 saturated carbocycles. The fourth-order valence-electron chi connectivity index (χ4n) is 4.09. The summed E-state index contributed by atoms with van der Waals surface area (Å²) >= 11 is 0. The first-order valence-electron chi connectivity index (χ1n) is 9.83. The number of rotatable bonds is 6. The number of nitrogens with one attached hydrogen (secondary N) is 1. The molecule has 0 unspecified atom stereocenters. The lowest BCUT2D eigenvalue weighted by molar-refractivity contribution is -0.127. The lowest BCUT2D eigenvalue weighted by Crippen LogP contribution is -2.51. The molecule has 2 aliphatic heterocycles. The Morgan fingerprint density at radius 2 is 2.19 bits per heavy atom. The molecule has 1 atom stereocenters. The van der Waals surface area contributed by atoms with Crippen LogP contribution in [0.1, 0.15) is 31.2 Å². The Bertz CT molecular complexity index is 667. The maximum atomic E-state index is 12.4. The third-order valence-electron chi connectivity index (χ3n) is 5.61. The van der Waals surface area contributed by atoms with Gasteiger partial charge in [-0.1, -0.05) is 0 Å². The molecule has 0 radical (unpaired) electrons. The maximum absolute atomic E-state index is 12.4. The minimum absolute atomic E-state index is 0.0858. The Balaban J connectivity index is 1.50. The van der Waals surface area contributed by atoms with E-state index < -0.39 is 0 Å². The highest BCUT2D eigenvalue weighted by Crippen LogP contribution is 2.26. The number of aromatic nitrogens is 1. The van der Waals surface area contributed by atoms with E-state index in [2.05, 4.69) is 26.2 Å². The molecular formula is C20H29N5O2. The van der Waals surface area contributed by atoms with Gasteiger partial charge in [-0.25, -0.2) is 4.98 Å². The zero-order chi connectivity index (χ0) is 19.1. The number of amides is 1. The van der Waals surface area contributed by atoms with Gasteiger partial charge in [-0.15, -0.1) is 0 Å². The second-order valence-electron chi connectivity index (χ2n) is 7.35. The Hall–Kier alpha value is -2.17. The lowest BCUT2D eigenvalue weighted by Gasteiger charge is -2.42. The predicted molar refractivity (Wildman–Crippen MR) is 103 cm³/mol. The highest BCUT2D eigenvalue weighted by Gasteiger charge is 2.31. The van der Waals surface area contributed by atoms with Gasteiger partial charge in [0.25, 0.3) is 0 Å². The van der Waals surface area contributed by atoms with Crippen molar-refractivity contribution < 1.29 is 9.53 Å². The van der Waals surface area contributed by atoms with Gasteiger partial charge in [-0.3, -0.25) is 9.69 Å². The fourth-order valence-corrected chi connectivity index (χ4v) is 4.09. The van der Waals surface area contributed by atoms with Crippen LogP contribution in [0.3, 0.4) is 0 Å². The van der Waals surface area contributed by atoms with Gasteiger partial charge in [0.2, 0.25) is 5.91 Å². The van der Waals surface area contributed by atoms with Crippen LogP contribution in [0.15, 0.2) is 18.3 Å². The summed E-state index contributed by atoms with van der Waals surface area (Å²) < 4.78 is 5.00. The largest absolute Gasteiger partial charge is 0.383 e. The first kappa shape index (κ1) is 19.6. The van der Waals surface area contributed by atoms with Gasteiger partial charge in [0, 0.05) is 45.5 Å². The van der Waals surface area contributed by atoms with Gasteiger partial charge < -0.3 is 15.0 Å². The molecule has 7 nitrogen and oxygen atoms in total. The molecular weight excluding hydrogens is 342 g/mol. The normalized spacial score (nSPS) is 21.6. The van der Waals surface area contributed by atoms with E-state index in [9.17, 15) is 4.79 Å². The highest BCUT2D eigenvalue weighted by molar-refractivity contribution is 5.78. The minimum atomic E-state index is 0.0858. The van der Waals surface area contributed by atoms with Gasteiger partial charge in [-0.2, -0.15) is 5.26 Å². The monoisotopic (exact) mass is 371 g/mol. The number of ether oxygens (including phenoxy) is 1. The quantitative estimate of drug-likeness (QED) is 0.761. The molecule has 7 heteroatoms. The van der Waals surface area contributed by atoms with E-state index in [1.807, 2.05) is 6.07 Å². The van der Waals surface area contributed by atoms with Gasteiger partial charge in [-0.05, 0) is 44.4 Å². The Labute approximate surface area is 161 Å². The number of carbonyl (C=O) groups excluding carboxylic acids is 1.